The first-order valence-corrected chi connectivity index (χ1v) is 9.86. The lowest BCUT2D eigenvalue weighted by molar-refractivity contribution is -0.141. The number of hydrogen-bond acceptors (Lipinski definition) is 7. The molecule has 1 saturated heterocycles. The minimum atomic E-state index is -3.99. The Morgan fingerprint density at radius 1 is 1.39 bits per heavy atom. The van der Waals surface area contributed by atoms with Crippen LogP contribution >= 0.6 is 11.6 Å². The van der Waals surface area contributed by atoms with Crippen LogP contribution in [0.2, 0.25) is 0 Å². The first-order chi connectivity index (χ1) is 13.2. The summed E-state index contributed by atoms with van der Waals surface area (Å²) >= 11 is 5.74. The standard InChI is InChI=1S/C17H13ClN2O7S/c1-27-17(24)12(18)6-9-8-28(25,26)15-11(7-10-4-2-3-5-19-10)14(21)20(15)13(9)16(22)23/h2-7,15H,8H2,1H3,(H,22,23)/b11-7-,12-6-/t15-/m0/s1. The number of fused-ring (bicyclic) bond motifs is 1. The molecule has 0 aromatic carbocycles. The zero-order valence-corrected chi connectivity index (χ0v) is 15.9. The number of esters is 1. The quantitative estimate of drug-likeness (QED) is 0.424. The van der Waals surface area contributed by atoms with Gasteiger partial charge in [-0.2, -0.15) is 0 Å². The molecule has 11 heteroatoms. The Labute approximate surface area is 164 Å². The van der Waals surface area contributed by atoms with Crippen LogP contribution in [0.1, 0.15) is 5.69 Å². The fourth-order valence-electron chi connectivity index (χ4n) is 2.93. The van der Waals surface area contributed by atoms with Crippen LogP contribution in [0.4, 0.5) is 0 Å². The molecule has 1 fully saturated rings. The summed E-state index contributed by atoms with van der Waals surface area (Å²) in [5.41, 5.74) is -0.560. The molecule has 3 rings (SSSR count). The van der Waals surface area contributed by atoms with Gasteiger partial charge in [-0.05, 0) is 24.3 Å². The molecule has 28 heavy (non-hydrogen) atoms. The number of aliphatic carboxylic acids is 1. The fourth-order valence-corrected chi connectivity index (χ4v) is 5.03. The van der Waals surface area contributed by atoms with Crippen LogP contribution in [0, 0.1) is 0 Å². The van der Waals surface area contributed by atoms with Crippen molar-refractivity contribution in [2.75, 3.05) is 12.9 Å². The van der Waals surface area contributed by atoms with Gasteiger partial charge >= 0.3 is 11.9 Å². The molecule has 1 amide bonds. The van der Waals surface area contributed by atoms with E-state index in [-0.39, 0.29) is 11.1 Å². The van der Waals surface area contributed by atoms with Crippen LogP contribution in [0.25, 0.3) is 6.08 Å². The first-order valence-electron chi connectivity index (χ1n) is 7.77. The molecule has 146 valence electrons. The molecule has 0 saturated carbocycles. The number of aromatic nitrogens is 1. The van der Waals surface area contributed by atoms with Crippen molar-refractivity contribution >= 4 is 45.4 Å². The number of halogens is 1. The Kier molecular flexibility index (Phi) is 5.09. The number of nitrogens with zero attached hydrogens (tertiary/aromatic N) is 2. The highest BCUT2D eigenvalue weighted by atomic mass is 35.5. The van der Waals surface area contributed by atoms with Crippen molar-refractivity contribution in [2.45, 2.75) is 5.37 Å². The summed E-state index contributed by atoms with van der Waals surface area (Å²) in [6.45, 7) is 0. The van der Waals surface area contributed by atoms with Crippen LogP contribution in [0.5, 0.6) is 0 Å². The number of carboxylic acids is 1. The van der Waals surface area contributed by atoms with Crippen molar-refractivity contribution in [3.05, 3.63) is 58.0 Å². The fraction of sp³-hybridized carbons (Fsp3) is 0.176. The third-order valence-corrected chi connectivity index (χ3v) is 6.21. The van der Waals surface area contributed by atoms with E-state index in [9.17, 15) is 27.9 Å². The lowest BCUT2D eigenvalue weighted by Gasteiger charge is -2.45. The topological polar surface area (TPSA) is 131 Å². The maximum Gasteiger partial charge on any atom is 0.352 e. The second-order valence-electron chi connectivity index (χ2n) is 5.85. The Balaban J connectivity index is 2.11. The Hall–Kier alpha value is -2.98. The van der Waals surface area contributed by atoms with Gasteiger partial charge in [-0.25, -0.2) is 18.0 Å². The predicted molar refractivity (Wildman–Crippen MR) is 97.2 cm³/mol. The van der Waals surface area contributed by atoms with Crippen LogP contribution in [-0.4, -0.2) is 59.5 Å². The molecule has 1 N–H and O–H groups in total. The highest BCUT2D eigenvalue weighted by Gasteiger charge is 2.56. The van der Waals surface area contributed by atoms with Gasteiger partial charge in [0.15, 0.2) is 15.2 Å². The molecule has 0 spiro atoms. The molecule has 0 unspecified atom stereocenters. The van der Waals surface area contributed by atoms with Crippen molar-refractivity contribution in [1.29, 1.82) is 0 Å². The molecular weight excluding hydrogens is 412 g/mol. The molecule has 0 bridgehead atoms. The third kappa shape index (κ3) is 3.32. The van der Waals surface area contributed by atoms with Gasteiger partial charge in [0.2, 0.25) is 0 Å². The van der Waals surface area contributed by atoms with Crippen molar-refractivity contribution < 1.29 is 32.6 Å². The normalized spacial score (nSPS) is 22.6. The lowest BCUT2D eigenvalue weighted by atomic mass is 10.0. The molecular formula is C17H13ClN2O7S. The van der Waals surface area contributed by atoms with Gasteiger partial charge in [-0.1, -0.05) is 17.7 Å². The van der Waals surface area contributed by atoms with E-state index >= 15 is 0 Å². The average Bonchev–Trinajstić information content (AvgIpc) is 2.65. The Bertz CT molecular complexity index is 1070. The number of amides is 1. The van der Waals surface area contributed by atoms with E-state index in [0.29, 0.717) is 10.6 Å². The van der Waals surface area contributed by atoms with Gasteiger partial charge in [0.05, 0.1) is 24.1 Å². The number of carbonyl (C=O) groups excluding carboxylic acids is 2. The maximum atomic E-state index is 12.7. The average molecular weight is 425 g/mol. The van der Waals surface area contributed by atoms with Gasteiger partial charge < -0.3 is 9.84 Å². The van der Waals surface area contributed by atoms with E-state index in [1.807, 2.05) is 0 Å². The molecule has 1 aromatic heterocycles. The summed E-state index contributed by atoms with van der Waals surface area (Å²) < 4.78 is 29.8. The van der Waals surface area contributed by atoms with Crippen molar-refractivity contribution in [1.82, 2.24) is 9.88 Å². The highest BCUT2D eigenvalue weighted by molar-refractivity contribution is 7.92. The van der Waals surface area contributed by atoms with E-state index in [2.05, 4.69) is 9.72 Å². The van der Waals surface area contributed by atoms with Crippen molar-refractivity contribution in [2.24, 2.45) is 0 Å². The Morgan fingerprint density at radius 3 is 2.68 bits per heavy atom. The maximum absolute atomic E-state index is 12.7. The van der Waals surface area contributed by atoms with E-state index in [4.69, 9.17) is 11.6 Å². The van der Waals surface area contributed by atoms with E-state index in [0.717, 1.165) is 13.2 Å². The van der Waals surface area contributed by atoms with Gasteiger partial charge in [0, 0.05) is 11.8 Å². The largest absolute Gasteiger partial charge is 0.477 e. The number of pyridine rings is 1. The van der Waals surface area contributed by atoms with E-state index in [1.165, 1.54) is 12.3 Å². The molecule has 1 aromatic rings. The molecule has 0 aliphatic carbocycles. The lowest BCUT2D eigenvalue weighted by Crippen LogP contribution is -2.62. The second-order valence-corrected chi connectivity index (χ2v) is 8.32. The number of allylic oxidation sites excluding steroid dienone is 1. The SMILES string of the molecule is COC(=O)/C(Cl)=C/C1=C(C(=O)O)N2C(=O)/C(=C/c3ccccn3)[C@@H]2S(=O)(=O)C1. The second kappa shape index (κ2) is 7.21. The zero-order chi connectivity index (χ0) is 20.6. The molecule has 1 atom stereocenters. The van der Waals surface area contributed by atoms with Gasteiger partial charge in [-0.3, -0.25) is 14.7 Å². The van der Waals surface area contributed by atoms with Crippen molar-refractivity contribution in [3.8, 4) is 0 Å². The number of hydrogen-bond donors (Lipinski definition) is 1. The summed E-state index contributed by atoms with van der Waals surface area (Å²) in [6.07, 6.45) is 3.67. The number of rotatable bonds is 4. The predicted octanol–water partition coefficient (Wildman–Crippen LogP) is 0.696. The molecule has 2 aliphatic rings. The van der Waals surface area contributed by atoms with E-state index in [1.54, 1.807) is 18.2 Å². The molecule has 9 nitrogen and oxygen atoms in total. The third-order valence-electron chi connectivity index (χ3n) is 4.08. The number of sulfone groups is 1. The van der Waals surface area contributed by atoms with Crippen LogP contribution in [-0.2, 0) is 29.0 Å². The highest BCUT2D eigenvalue weighted by Crippen LogP contribution is 2.41. The molecule has 0 radical (unpaired) electrons. The number of ether oxygens (including phenoxy) is 1. The van der Waals surface area contributed by atoms with Crippen LogP contribution < -0.4 is 0 Å². The van der Waals surface area contributed by atoms with Crippen LogP contribution in [0.15, 0.2) is 52.3 Å². The summed E-state index contributed by atoms with van der Waals surface area (Å²) in [4.78, 5) is 40.4. The minimum Gasteiger partial charge on any atom is -0.477 e. The number of carbonyl (C=O) groups is 3. The first kappa shape index (κ1) is 19.8. The monoisotopic (exact) mass is 424 g/mol. The smallest absolute Gasteiger partial charge is 0.352 e. The van der Waals surface area contributed by atoms with E-state index < -0.39 is 49.5 Å². The summed E-state index contributed by atoms with van der Waals surface area (Å²) in [6, 6.07) is 4.90. The Morgan fingerprint density at radius 2 is 2.11 bits per heavy atom. The molecule has 3 heterocycles. The summed E-state index contributed by atoms with van der Waals surface area (Å²) in [5, 5.41) is 7.58. The van der Waals surface area contributed by atoms with Gasteiger partial charge in [0.1, 0.15) is 10.7 Å². The number of β-lactam (4-membered cyclic amide) rings is 1. The van der Waals surface area contributed by atoms with Gasteiger partial charge in [0.25, 0.3) is 5.91 Å². The number of methoxy groups -OCH3 is 1. The van der Waals surface area contributed by atoms with Crippen LogP contribution in [0.3, 0.4) is 0 Å². The minimum absolute atomic E-state index is 0.0838. The molecule has 2 aliphatic heterocycles. The number of carboxylic acid groups (broad SMARTS) is 1. The zero-order valence-electron chi connectivity index (χ0n) is 14.3. The van der Waals surface area contributed by atoms with Crippen molar-refractivity contribution in [3.63, 3.8) is 0 Å². The summed E-state index contributed by atoms with van der Waals surface area (Å²) in [5.74, 6) is -3.98. The van der Waals surface area contributed by atoms with Gasteiger partial charge in [-0.15, -0.1) is 0 Å². The summed E-state index contributed by atoms with van der Waals surface area (Å²) in [7, 11) is -2.93.